The topological polar surface area (TPSA) is 62.7 Å². The summed E-state index contributed by atoms with van der Waals surface area (Å²) in [7, 11) is 1.68. The monoisotopic (exact) mass is 542 g/mol. The Bertz CT molecular complexity index is 942. The van der Waals surface area contributed by atoms with Crippen LogP contribution in [0.1, 0.15) is 63.9 Å². The smallest absolute Gasteiger partial charge is 0.308 e. The van der Waals surface area contributed by atoms with Crippen molar-refractivity contribution in [1.29, 1.82) is 0 Å². The summed E-state index contributed by atoms with van der Waals surface area (Å²) in [6, 6.07) is 8.09. The molecule has 2 aromatic rings. The molecule has 1 saturated heterocycles. The van der Waals surface area contributed by atoms with Crippen LogP contribution in [0.15, 0.2) is 30.5 Å². The Balaban J connectivity index is 0.00000216. The highest BCUT2D eigenvalue weighted by Crippen LogP contribution is 2.36. The lowest BCUT2D eigenvalue weighted by atomic mass is 9.81. The largest absolute Gasteiger partial charge is 0.497 e. The van der Waals surface area contributed by atoms with E-state index in [1.165, 1.54) is 37.7 Å². The minimum atomic E-state index is -0.626. The maximum absolute atomic E-state index is 12.1. The van der Waals surface area contributed by atoms with Crippen molar-refractivity contribution >= 4 is 53.4 Å². The van der Waals surface area contributed by atoms with E-state index >= 15 is 0 Å². The molecular formula is C27H40Cl2N2O3S. The third-order valence-electron chi connectivity index (χ3n) is 7.62. The van der Waals surface area contributed by atoms with E-state index in [4.69, 9.17) is 4.74 Å². The Labute approximate surface area is 226 Å². The highest BCUT2D eigenvalue weighted by molar-refractivity contribution is 8.00. The highest BCUT2D eigenvalue weighted by Gasteiger charge is 2.36. The molecule has 1 unspecified atom stereocenters. The summed E-state index contributed by atoms with van der Waals surface area (Å²) in [5, 5.41) is 12.3. The molecule has 1 saturated carbocycles. The molecule has 1 aliphatic heterocycles. The van der Waals surface area contributed by atoms with Gasteiger partial charge in [0.25, 0.3) is 0 Å². The lowest BCUT2D eigenvalue weighted by Gasteiger charge is -2.40. The summed E-state index contributed by atoms with van der Waals surface area (Å²) in [4.78, 5) is 19.0. The number of nitrogens with zero attached hydrogens (tertiary/aromatic N) is 2. The van der Waals surface area contributed by atoms with E-state index in [9.17, 15) is 9.90 Å². The third-order valence-corrected chi connectivity index (χ3v) is 9.17. The maximum Gasteiger partial charge on any atom is 0.308 e. The van der Waals surface area contributed by atoms with E-state index in [1.807, 2.05) is 18.3 Å². The Kier molecular flexibility index (Phi) is 12.4. The van der Waals surface area contributed by atoms with Gasteiger partial charge in [0.2, 0.25) is 0 Å². The standard InChI is InChI=1S/C27H38N2O3S.2ClH/c1-19(33-23-9-4-3-5-10-23)29-16-14-21(25(18-29)27(30)31)8-6-7-20-13-15-28-26-12-11-22(32-2)17-24(20)26;;/h11-13,15,17,19,21,23,25H,3-10,14,16,18H2,1-2H3,(H,30,31);2*1H/t19?,21-,25+;;/m1../s1. The van der Waals surface area contributed by atoms with Crippen LogP contribution in [0.4, 0.5) is 0 Å². The zero-order valence-corrected chi connectivity index (χ0v) is 23.3. The molecule has 196 valence electrons. The van der Waals surface area contributed by atoms with Crippen molar-refractivity contribution in [2.24, 2.45) is 11.8 Å². The molecule has 3 atom stereocenters. The summed E-state index contributed by atoms with van der Waals surface area (Å²) in [6.07, 6.45) is 12.5. The number of pyridine rings is 1. The molecule has 2 aliphatic rings. The molecule has 4 rings (SSSR count). The summed E-state index contributed by atoms with van der Waals surface area (Å²) in [5.74, 6) is 0.213. The SMILES string of the molecule is COc1ccc2nccc(CCC[C@@H]3CCN(C(C)SC4CCCCC4)C[C@@H]3C(=O)O)c2c1.Cl.Cl. The number of aryl methyl sites for hydroxylation is 1. The molecule has 2 fully saturated rings. The van der Waals surface area contributed by atoms with Gasteiger partial charge < -0.3 is 9.84 Å². The number of aliphatic carboxylic acids is 1. The van der Waals surface area contributed by atoms with Crippen LogP contribution in [0.25, 0.3) is 10.9 Å². The van der Waals surface area contributed by atoms with Gasteiger partial charge in [-0.2, -0.15) is 0 Å². The first-order chi connectivity index (χ1) is 16.0. The fourth-order valence-corrected chi connectivity index (χ4v) is 7.16. The number of halogens is 2. The molecule has 5 nitrogen and oxygen atoms in total. The van der Waals surface area contributed by atoms with Gasteiger partial charge in [0.05, 0.1) is 23.9 Å². The highest BCUT2D eigenvalue weighted by atomic mass is 35.5. The maximum atomic E-state index is 12.1. The molecule has 1 aliphatic carbocycles. The van der Waals surface area contributed by atoms with Crippen molar-refractivity contribution in [1.82, 2.24) is 9.88 Å². The number of hydrogen-bond acceptors (Lipinski definition) is 5. The van der Waals surface area contributed by atoms with Gasteiger partial charge in [-0.05, 0) is 87.7 Å². The molecule has 1 aromatic heterocycles. The molecule has 1 aromatic carbocycles. The summed E-state index contributed by atoms with van der Waals surface area (Å²) in [5.41, 5.74) is 2.25. The predicted molar refractivity (Wildman–Crippen MR) is 150 cm³/mol. The lowest BCUT2D eigenvalue weighted by Crippen LogP contribution is -2.47. The Morgan fingerprint density at radius 2 is 1.97 bits per heavy atom. The minimum Gasteiger partial charge on any atom is -0.497 e. The van der Waals surface area contributed by atoms with Crippen molar-refractivity contribution in [3.05, 3.63) is 36.0 Å². The summed E-state index contributed by atoms with van der Waals surface area (Å²) < 4.78 is 5.40. The van der Waals surface area contributed by atoms with Crippen molar-refractivity contribution in [3.63, 3.8) is 0 Å². The number of carbonyl (C=O) groups is 1. The first kappa shape index (κ1) is 30.0. The summed E-state index contributed by atoms with van der Waals surface area (Å²) in [6.45, 7) is 3.99. The number of ether oxygens (including phenoxy) is 1. The van der Waals surface area contributed by atoms with Crippen molar-refractivity contribution in [3.8, 4) is 5.75 Å². The Morgan fingerprint density at radius 3 is 2.69 bits per heavy atom. The van der Waals surface area contributed by atoms with E-state index in [0.29, 0.717) is 11.9 Å². The van der Waals surface area contributed by atoms with Crippen molar-refractivity contribution in [2.75, 3.05) is 20.2 Å². The van der Waals surface area contributed by atoms with Crippen LogP contribution in [-0.4, -0.2) is 51.8 Å². The second-order valence-electron chi connectivity index (χ2n) is 9.73. The van der Waals surface area contributed by atoms with E-state index in [0.717, 1.165) is 54.1 Å². The fraction of sp³-hybridized carbons (Fsp3) is 0.630. The van der Waals surface area contributed by atoms with Gasteiger partial charge >= 0.3 is 5.97 Å². The lowest BCUT2D eigenvalue weighted by molar-refractivity contribution is -0.146. The zero-order chi connectivity index (χ0) is 23.2. The van der Waals surface area contributed by atoms with Gasteiger partial charge in [-0.15, -0.1) is 36.6 Å². The number of piperidine rings is 1. The second-order valence-corrected chi connectivity index (χ2v) is 11.4. The molecule has 35 heavy (non-hydrogen) atoms. The van der Waals surface area contributed by atoms with Crippen LogP contribution in [0.3, 0.4) is 0 Å². The first-order valence-electron chi connectivity index (χ1n) is 12.6. The average molecular weight is 544 g/mol. The number of rotatable bonds is 9. The van der Waals surface area contributed by atoms with Gasteiger partial charge in [0, 0.05) is 23.4 Å². The average Bonchev–Trinajstić information content (AvgIpc) is 2.84. The number of hydrogen-bond donors (Lipinski definition) is 1. The Hall–Kier alpha value is -1.21. The molecular weight excluding hydrogens is 503 g/mol. The van der Waals surface area contributed by atoms with Gasteiger partial charge in [-0.1, -0.05) is 19.3 Å². The van der Waals surface area contributed by atoms with Gasteiger partial charge in [0.15, 0.2) is 0 Å². The second kappa shape index (κ2) is 14.5. The van der Waals surface area contributed by atoms with Crippen molar-refractivity contribution in [2.45, 2.75) is 75.3 Å². The van der Waals surface area contributed by atoms with Crippen LogP contribution < -0.4 is 4.74 Å². The van der Waals surface area contributed by atoms with Gasteiger partial charge in [-0.3, -0.25) is 14.7 Å². The van der Waals surface area contributed by atoms with Crippen LogP contribution in [0.5, 0.6) is 5.75 Å². The van der Waals surface area contributed by atoms with Crippen LogP contribution in [-0.2, 0) is 11.2 Å². The number of methoxy groups -OCH3 is 1. The fourth-order valence-electron chi connectivity index (χ4n) is 5.63. The van der Waals surface area contributed by atoms with E-state index in [-0.39, 0.29) is 36.6 Å². The number of likely N-dealkylation sites (tertiary alicyclic amines) is 1. The van der Waals surface area contributed by atoms with Crippen molar-refractivity contribution < 1.29 is 14.6 Å². The summed E-state index contributed by atoms with van der Waals surface area (Å²) >= 11 is 2.08. The molecule has 0 radical (unpaired) electrons. The van der Waals surface area contributed by atoms with Gasteiger partial charge in [0.1, 0.15) is 5.75 Å². The van der Waals surface area contributed by atoms with Crippen LogP contribution in [0, 0.1) is 11.8 Å². The van der Waals surface area contributed by atoms with Crippen LogP contribution in [0.2, 0.25) is 0 Å². The third kappa shape index (κ3) is 7.88. The molecule has 0 amide bonds. The molecule has 0 spiro atoms. The molecule has 0 bridgehead atoms. The molecule has 1 N–H and O–H groups in total. The van der Waals surface area contributed by atoms with Gasteiger partial charge in [-0.25, -0.2) is 0 Å². The van der Waals surface area contributed by atoms with E-state index in [2.05, 4.69) is 40.7 Å². The predicted octanol–water partition coefficient (Wildman–Crippen LogP) is 6.84. The number of aromatic nitrogens is 1. The van der Waals surface area contributed by atoms with E-state index < -0.39 is 5.97 Å². The minimum absolute atomic E-state index is 0. The van der Waals surface area contributed by atoms with E-state index in [1.54, 1.807) is 7.11 Å². The molecule has 2 heterocycles. The Morgan fingerprint density at radius 1 is 1.20 bits per heavy atom. The number of benzene rings is 1. The zero-order valence-electron chi connectivity index (χ0n) is 20.9. The number of thioether (sulfide) groups is 1. The normalized spacial score (nSPS) is 22.1. The number of carboxylic acid groups (broad SMARTS) is 1. The first-order valence-corrected chi connectivity index (χ1v) is 13.5. The number of carboxylic acids is 1. The van der Waals surface area contributed by atoms with Crippen LogP contribution >= 0.6 is 36.6 Å². The molecule has 8 heteroatoms. The quantitative estimate of drug-likeness (QED) is 0.374. The number of fused-ring (bicyclic) bond motifs is 1.